The monoisotopic (exact) mass is 452 g/mol. The van der Waals surface area contributed by atoms with Gasteiger partial charge in [-0.3, -0.25) is 0 Å². The first-order valence-electron chi connectivity index (χ1n) is 11.8. The molecule has 0 aliphatic rings. The summed E-state index contributed by atoms with van der Waals surface area (Å²) >= 11 is 0. The Balaban J connectivity index is 0.000000309. The van der Waals surface area contributed by atoms with E-state index in [2.05, 4.69) is 13.8 Å². The molecule has 4 heteroatoms. The zero-order valence-corrected chi connectivity index (χ0v) is 20.4. The van der Waals surface area contributed by atoms with E-state index in [4.69, 9.17) is 13.6 Å². The van der Waals surface area contributed by atoms with E-state index in [-0.39, 0.29) is 0 Å². The Bertz CT molecular complexity index is 690. The molecule has 0 aromatic heterocycles. The Morgan fingerprint density at radius 1 is 0.438 bits per heavy atom. The van der Waals surface area contributed by atoms with Crippen LogP contribution in [-0.2, 0) is 0 Å². The number of benzene rings is 3. The molecule has 32 heavy (non-hydrogen) atoms. The average molecular weight is 453 g/mol. The minimum absolute atomic E-state index is 0.709. The van der Waals surface area contributed by atoms with Crippen molar-refractivity contribution in [1.82, 2.24) is 0 Å². The lowest BCUT2D eigenvalue weighted by Gasteiger charge is -2.17. The molecule has 0 fully saturated rings. The maximum absolute atomic E-state index is 5.84. The van der Waals surface area contributed by atoms with Gasteiger partial charge < -0.3 is 13.6 Å². The fourth-order valence-electron chi connectivity index (χ4n) is 2.97. The van der Waals surface area contributed by atoms with E-state index in [1.54, 1.807) is 0 Å². The van der Waals surface area contributed by atoms with E-state index in [0.717, 1.165) is 0 Å². The largest absolute Gasteiger partial charge is 0.530 e. The van der Waals surface area contributed by atoms with Gasteiger partial charge >= 0.3 is 8.60 Å². The minimum atomic E-state index is -1.59. The summed E-state index contributed by atoms with van der Waals surface area (Å²) in [6.07, 6.45) is 11.5. The fraction of sp³-hybridized carbons (Fsp3) is 0.357. The summed E-state index contributed by atoms with van der Waals surface area (Å²) in [6, 6.07) is 28.5. The predicted molar refractivity (Wildman–Crippen MR) is 136 cm³/mol. The van der Waals surface area contributed by atoms with Gasteiger partial charge in [0.15, 0.2) is 0 Å². The standard InChI is InChI=1S/C18H15O3P.C10H22/c1-4-10-16(11-5-1)19-22(20-17-12-6-2-7-13-17)21-18-14-8-3-9-15-18;1-3-5-7-9-10-8-6-4-2/h1-15H;3-10H2,1-2H3. The molecule has 3 nitrogen and oxygen atoms in total. The molecule has 0 saturated carbocycles. The van der Waals surface area contributed by atoms with Crippen LogP contribution in [0.15, 0.2) is 91.0 Å². The van der Waals surface area contributed by atoms with E-state index in [1.165, 1.54) is 51.4 Å². The summed E-state index contributed by atoms with van der Waals surface area (Å²) in [4.78, 5) is 0. The molecule has 0 saturated heterocycles. The molecular weight excluding hydrogens is 415 g/mol. The molecule has 3 aromatic rings. The summed E-state index contributed by atoms with van der Waals surface area (Å²) in [5, 5.41) is 0. The molecule has 3 aromatic carbocycles. The molecule has 0 aliphatic carbocycles. The molecule has 172 valence electrons. The second-order valence-electron chi connectivity index (χ2n) is 7.56. The van der Waals surface area contributed by atoms with Crippen LogP contribution < -0.4 is 13.6 Å². The zero-order valence-electron chi connectivity index (χ0n) is 19.5. The van der Waals surface area contributed by atoms with Crippen molar-refractivity contribution in [3.63, 3.8) is 0 Å². The lowest BCUT2D eigenvalue weighted by Crippen LogP contribution is -2.02. The van der Waals surface area contributed by atoms with Gasteiger partial charge in [-0.05, 0) is 36.4 Å². The van der Waals surface area contributed by atoms with Gasteiger partial charge in [0.1, 0.15) is 17.2 Å². The van der Waals surface area contributed by atoms with Gasteiger partial charge in [0.25, 0.3) is 0 Å². The third-order valence-electron chi connectivity index (χ3n) is 4.73. The fourth-order valence-corrected chi connectivity index (χ4v) is 3.96. The highest BCUT2D eigenvalue weighted by Gasteiger charge is 2.19. The number of unbranched alkanes of at least 4 members (excludes halogenated alkanes) is 7. The van der Waals surface area contributed by atoms with Crippen LogP contribution in [0.5, 0.6) is 17.2 Å². The van der Waals surface area contributed by atoms with Gasteiger partial charge in [0.2, 0.25) is 0 Å². The zero-order chi connectivity index (χ0) is 22.7. The van der Waals surface area contributed by atoms with Crippen molar-refractivity contribution in [3.8, 4) is 17.2 Å². The number of para-hydroxylation sites is 3. The van der Waals surface area contributed by atoms with Gasteiger partial charge in [-0.1, -0.05) is 120 Å². The summed E-state index contributed by atoms with van der Waals surface area (Å²) in [5.41, 5.74) is 0. The Morgan fingerprint density at radius 2 is 0.719 bits per heavy atom. The Labute approximate surface area is 195 Å². The van der Waals surface area contributed by atoms with Crippen LogP contribution in [0, 0.1) is 0 Å². The second-order valence-corrected chi connectivity index (χ2v) is 8.55. The number of rotatable bonds is 13. The van der Waals surface area contributed by atoms with Crippen molar-refractivity contribution in [2.75, 3.05) is 0 Å². The number of hydrogen-bond acceptors (Lipinski definition) is 3. The first-order valence-corrected chi connectivity index (χ1v) is 12.9. The van der Waals surface area contributed by atoms with Crippen LogP contribution in [0.2, 0.25) is 0 Å². The maximum Gasteiger partial charge on any atom is 0.530 e. The highest BCUT2D eigenvalue weighted by atomic mass is 31.2. The first kappa shape index (κ1) is 25.7. The van der Waals surface area contributed by atoms with Crippen LogP contribution >= 0.6 is 8.60 Å². The van der Waals surface area contributed by atoms with E-state index in [9.17, 15) is 0 Å². The average Bonchev–Trinajstić information content (AvgIpc) is 2.84. The molecular formula is C28H37O3P. The number of hydrogen-bond donors (Lipinski definition) is 0. The first-order chi connectivity index (χ1) is 15.8. The maximum atomic E-state index is 5.84. The Kier molecular flexibility index (Phi) is 13.8. The summed E-state index contributed by atoms with van der Waals surface area (Å²) in [7, 11) is -1.59. The van der Waals surface area contributed by atoms with E-state index < -0.39 is 8.60 Å². The summed E-state index contributed by atoms with van der Waals surface area (Å²) in [6.45, 7) is 4.54. The molecule has 0 unspecified atom stereocenters. The van der Waals surface area contributed by atoms with Crippen molar-refractivity contribution in [2.24, 2.45) is 0 Å². The van der Waals surface area contributed by atoms with Crippen LogP contribution in [-0.4, -0.2) is 0 Å². The van der Waals surface area contributed by atoms with Crippen LogP contribution in [0.3, 0.4) is 0 Å². The van der Waals surface area contributed by atoms with Gasteiger partial charge in [-0.2, -0.15) is 0 Å². The normalized spacial score (nSPS) is 10.2. The molecule has 0 radical (unpaired) electrons. The lowest BCUT2D eigenvalue weighted by molar-refractivity contribution is 0.388. The molecule has 3 rings (SSSR count). The van der Waals surface area contributed by atoms with Gasteiger partial charge in [0.05, 0.1) is 0 Å². The SMILES string of the molecule is CCCCCCCCCC.c1ccc(OP(Oc2ccccc2)Oc2ccccc2)cc1. The lowest BCUT2D eigenvalue weighted by atomic mass is 10.1. The molecule has 0 bridgehead atoms. The Hall–Kier alpha value is -2.51. The molecule has 0 amide bonds. The molecule has 0 N–H and O–H groups in total. The molecule has 0 atom stereocenters. The van der Waals surface area contributed by atoms with E-state index in [0.29, 0.717) is 17.2 Å². The van der Waals surface area contributed by atoms with Crippen LogP contribution in [0.1, 0.15) is 65.2 Å². The predicted octanol–water partition coefficient (Wildman–Crippen LogP) is 9.60. The van der Waals surface area contributed by atoms with Gasteiger partial charge in [-0.25, -0.2) is 0 Å². The molecule has 0 spiro atoms. The summed E-state index contributed by atoms with van der Waals surface area (Å²) < 4.78 is 17.5. The van der Waals surface area contributed by atoms with E-state index >= 15 is 0 Å². The highest BCUT2D eigenvalue weighted by Crippen LogP contribution is 2.41. The topological polar surface area (TPSA) is 27.7 Å². The molecule has 0 heterocycles. The van der Waals surface area contributed by atoms with Crippen LogP contribution in [0.25, 0.3) is 0 Å². The minimum Gasteiger partial charge on any atom is -0.409 e. The smallest absolute Gasteiger partial charge is 0.409 e. The van der Waals surface area contributed by atoms with Crippen molar-refractivity contribution in [2.45, 2.75) is 65.2 Å². The van der Waals surface area contributed by atoms with Crippen molar-refractivity contribution in [3.05, 3.63) is 91.0 Å². The van der Waals surface area contributed by atoms with Gasteiger partial charge in [-0.15, -0.1) is 0 Å². The highest BCUT2D eigenvalue weighted by molar-refractivity contribution is 7.43. The van der Waals surface area contributed by atoms with Crippen molar-refractivity contribution >= 4 is 8.60 Å². The summed E-state index contributed by atoms with van der Waals surface area (Å²) in [5.74, 6) is 2.13. The van der Waals surface area contributed by atoms with Gasteiger partial charge in [0, 0.05) is 0 Å². The quantitative estimate of drug-likeness (QED) is 0.191. The molecule has 0 aliphatic heterocycles. The van der Waals surface area contributed by atoms with Crippen molar-refractivity contribution in [1.29, 1.82) is 0 Å². The Morgan fingerprint density at radius 3 is 1.00 bits per heavy atom. The van der Waals surface area contributed by atoms with E-state index in [1.807, 2.05) is 91.0 Å². The second kappa shape index (κ2) is 17.1. The van der Waals surface area contributed by atoms with Crippen molar-refractivity contribution < 1.29 is 13.6 Å². The third kappa shape index (κ3) is 11.8. The third-order valence-corrected chi connectivity index (χ3v) is 5.81. The van der Waals surface area contributed by atoms with Crippen LogP contribution in [0.4, 0.5) is 0 Å².